The van der Waals surface area contributed by atoms with Gasteiger partial charge in [0.2, 0.25) is 0 Å². The van der Waals surface area contributed by atoms with Gasteiger partial charge >= 0.3 is 6.18 Å². The summed E-state index contributed by atoms with van der Waals surface area (Å²) in [6.45, 7) is -0.331. The van der Waals surface area contributed by atoms with Crippen molar-refractivity contribution < 1.29 is 13.2 Å². The molecule has 1 atom stereocenters. The van der Waals surface area contributed by atoms with Gasteiger partial charge in [-0.3, -0.25) is 4.68 Å². The second-order valence-electron chi connectivity index (χ2n) is 5.66. The second-order valence-corrected chi connectivity index (χ2v) is 5.66. The molecule has 0 aliphatic heterocycles. The van der Waals surface area contributed by atoms with Crippen LogP contribution in [0.15, 0.2) is 36.5 Å². The Morgan fingerprint density at radius 3 is 2.73 bits per heavy atom. The van der Waals surface area contributed by atoms with Gasteiger partial charge in [0.05, 0.1) is 11.7 Å². The van der Waals surface area contributed by atoms with Crippen molar-refractivity contribution in [1.29, 1.82) is 0 Å². The quantitative estimate of drug-likeness (QED) is 0.935. The predicted molar refractivity (Wildman–Crippen MR) is 77.2 cm³/mol. The molecule has 0 radical (unpaired) electrons. The van der Waals surface area contributed by atoms with Crippen molar-refractivity contribution in [1.82, 2.24) is 15.1 Å². The normalized spacial score (nSPS) is 18.2. The molecule has 3 rings (SSSR count). The Balaban J connectivity index is 1.71. The van der Waals surface area contributed by atoms with Crippen LogP contribution in [0.5, 0.6) is 0 Å². The second kappa shape index (κ2) is 6.12. The van der Waals surface area contributed by atoms with Crippen LogP contribution >= 0.6 is 0 Å². The molecule has 3 nitrogen and oxygen atoms in total. The van der Waals surface area contributed by atoms with Gasteiger partial charge in [-0.1, -0.05) is 30.3 Å². The summed E-state index contributed by atoms with van der Waals surface area (Å²) < 4.78 is 38.5. The number of nitrogens with one attached hydrogen (secondary N) is 1. The van der Waals surface area contributed by atoms with Crippen molar-refractivity contribution in [2.75, 3.05) is 0 Å². The first kappa shape index (κ1) is 15.1. The van der Waals surface area contributed by atoms with E-state index in [0.29, 0.717) is 6.54 Å². The zero-order valence-electron chi connectivity index (χ0n) is 12.1. The van der Waals surface area contributed by atoms with Gasteiger partial charge in [0.1, 0.15) is 6.54 Å². The Kier molecular flexibility index (Phi) is 4.20. The molecule has 0 fully saturated rings. The van der Waals surface area contributed by atoms with E-state index in [9.17, 15) is 13.2 Å². The fourth-order valence-corrected chi connectivity index (χ4v) is 2.90. The number of aromatic nitrogens is 2. The number of rotatable bonds is 4. The minimum absolute atomic E-state index is 0.0263. The number of hydrogen-bond donors (Lipinski definition) is 1. The van der Waals surface area contributed by atoms with Gasteiger partial charge in [0, 0.05) is 12.7 Å². The summed E-state index contributed by atoms with van der Waals surface area (Å²) in [7, 11) is 0. The van der Waals surface area contributed by atoms with Gasteiger partial charge in [-0.15, -0.1) is 0 Å². The van der Waals surface area contributed by atoms with Crippen LogP contribution < -0.4 is 5.32 Å². The molecule has 1 aliphatic carbocycles. The number of halogens is 3. The topological polar surface area (TPSA) is 29.9 Å². The highest BCUT2D eigenvalue weighted by Gasteiger charge is 2.30. The van der Waals surface area contributed by atoms with E-state index in [0.717, 1.165) is 40.8 Å². The van der Waals surface area contributed by atoms with E-state index >= 15 is 0 Å². The first-order valence-electron chi connectivity index (χ1n) is 7.41. The van der Waals surface area contributed by atoms with Crippen LogP contribution in [0, 0.1) is 0 Å². The van der Waals surface area contributed by atoms with E-state index in [-0.39, 0.29) is 6.04 Å². The summed E-state index contributed by atoms with van der Waals surface area (Å²) in [6.07, 6.45) is -0.0164. The molecule has 1 heterocycles. The van der Waals surface area contributed by atoms with Crippen molar-refractivity contribution in [3.05, 3.63) is 53.3 Å². The lowest BCUT2D eigenvalue weighted by Crippen LogP contribution is -2.25. The predicted octanol–water partition coefficient (Wildman–Crippen LogP) is 3.61. The van der Waals surface area contributed by atoms with Gasteiger partial charge in [0.15, 0.2) is 0 Å². The first-order valence-corrected chi connectivity index (χ1v) is 7.41. The lowest BCUT2D eigenvalue weighted by molar-refractivity contribution is -0.142. The fraction of sp³-hybridized carbons (Fsp3) is 0.438. The van der Waals surface area contributed by atoms with E-state index in [2.05, 4.69) is 10.4 Å². The van der Waals surface area contributed by atoms with E-state index in [1.54, 1.807) is 6.20 Å². The van der Waals surface area contributed by atoms with Gasteiger partial charge in [0.25, 0.3) is 0 Å². The Hall–Kier alpha value is -1.82. The minimum Gasteiger partial charge on any atom is -0.304 e. The Bertz CT molecular complexity index is 619. The maximum absolute atomic E-state index is 12.5. The third-order valence-electron chi connectivity index (χ3n) is 3.88. The fourth-order valence-electron chi connectivity index (χ4n) is 2.90. The number of nitrogens with zero attached hydrogens (tertiary/aromatic N) is 2. The van der Waals surface area contributed by atoms with E-state index in [4.69, 9.17) is 0 Å². The van der Waals surface area contributed by atoms with Crippen LogP contribution in [-0.2, 0) is 19.5 Å². The van der Waals surface area contributed by atoms with Crippen LogP contribution in [0.4, 0.5) is 13.2 Å². The molecule has 0 saturated carbocycles. The first-order chi connectivity index (χ1) is 10.5. The van der Waals surface area contributed by atoms with Gasteiger partial charge in [-0.2, -0.15) is 18.3 Å². The summed E-state index contributed by atoms with van der Waals surface area (Å²) in [4.78, 5) is 0. The van der Waals surface area contributed by atoms with Crippen molar-refractivity contribution in [2.45, 2.75) is 44.6 Å². The maximum Gasteiger partial charge on any atom is 0.408 e. The monoisotopic (exact) mass is 309 g/mol. The zero-order chi connectivity index (χ0) is 15.6. The van der Waals surface area contributed by atoms with Crippen molar-refractivity contribution in [2.24, 2.45) is 0 Å². The third kappa shape index (κ3) is 3.68. The highest BCUT2D eigenvalue weighted by Crippen LogP contribution is 2.29. The summed E-state index contributed by atoms with van der Waals surface area (Å²) in [5, 5.41) is 7.58. The molecule has 0 amide bonds. The Labute approximate surface area is 127 Å². The molecule has 1 aromatic carbocycles. The molecule has 1 aliphatic rings. The van der Waals surface area contributed by atoms with E-state index in [1.165, 1.54) is 0 Å². The van der Waals surface area contributed by atoms with Gasteiger partial charge < -0.3 is 5.32 Å². The van der Waals surface area contributed by atoms with Gasteiger partial charge in [-0.05, 0) is 30.4 Å². The number of benzene rings is 1. The summed E-state index contributed by atoms with van der Waals surface area (Å²) in [6, 6.07) is 9.99. The SMILES string of the molecule is FC(F)(F)Cn1cc2c(n1)[C@@H](NCc1ccccc1)CCC2. The number of fused-ring (bicyclic) bond motifs is 1. The minimum atomic E-state index is -4.23. The molecule has 118 valence electrons. The van der Waals surface area contributed by atoms with Crippen LogP contribution in [-0.4, -0.2) is 16.0 Å². The molecule has 22 heavy (non-hydrogen) atoms. The molecule has 0 bridgehead atoms. The lowest BCUT2D eigenvalue weighted by atomic mass is 9.93. The van der Waals surface area contributed by atoms with Crippen LogP contribution in [0.25, 0.3) is 0 Å². The highest BCUT2D eigenvalue weighted by molar-refractivity contribution is 5.24. The van der Waals surface area contributed by atoms with Gasteiger partial charge in [-0.25, -0.2) is 0 Å². The molecule has 1 N–H and O–H groups in total. The standard InChI is InChI=1S/C16H18F3N3/c17-16(18,19)11-22-10-13-7-4-8-14(15(13)21-22)20-9-12-5-2-1-3-6-12/h1-3,5-6,10,14,20H,4,7-9,11H2/t14-/m0/s1. The largest absolute Gasteiger partial charge is 0.408 e. The number of alkyl halides is 3. The molecular formula is C16H18F3N3. The van der Waals surface area contributed by atoms with Crippen molar-refractivity contribution in [3.63, 3.8) is 0 Å². The summed E-state index contributed by atoms with van der Waals surface area (Å²) in [5.74, 6) is 0. The van der Waals surface area contributed by atoms with Crippen LogP contribution in [0.3, 0.4) is 0 Å². The van der Waals surface area contributed by atoms with Crippen molar-refractivity contribution >= 4 is 0 Å². The maximum atomic E-state index is 12.5. The van der Waals surface area contributed by atoms with Crippen LogP contribution in [0.2, 0.25) is 0 Å². The van der Waals surface area contributed by atoms with E-state index in [1.807, 2.05) is 30.3 Å². The average Bonchev–Trinajstić information content (AvgIpc) is 2.86. The molecule has 1 aromatic heterocycles. The lowest BCUT2D eigenvalue weighted by Gasteiger charge is -2.22. The summed E-state index contributed by atoms with van der Waals surface area (Å²) in [5.41, 5.74) is 2.86. The smallest absolute Gasteiger partial charge is 0.304 e. The average molecular weight is 309 g/mol. The zero-order valence-corrected chi connectivity index (χ0v) is 12.1. The number of hydrogen-bond acceptors (Lipinski definition) is 2. The molecular weight excluding hydrogens is 291 g/mol. The molecule has 6 heteroatoms. The molecule has 2 aromatic rings. The highest BCUT2D eigenvalue weighted by atomic mass is 19.4. The Morgan fingerprint density at radius 1 is 1.23 bits per heavy atom. The summed E-state index contributed by atoms with van der Waals surface area (Å²) >= 11 is 0. The number of aryl methyl sites for hydroxylation is 1. The molecule has 0 unspecified atom stereocenters. The molecule has 0 spiro atoms. The van der Waals surface area contributed by atoms with Crippen molar-refractivity contribution in [3.8, 4) is 0 Å². The molecule has 0 saturated heterocycles. The van der Waals surface area contributed by atoms with E-state index < -0.39 is 12.7 Å². The third-order valence-corrected chi connectivity index (χ3v) is 3.88. The van der Waals surface area contributed by atoms with Crippen LogP contribution in [0.1, 0.15) is 35.7 Å². The Morgan fingerprint density at radius 2 is 2.00 bits per heavy atom.